The molecule has 0 saturated carbocycles. The van der Waals surface area contributed by atoms with Gasteiger partial charge in [-0.25, -0.2) is 0 Å². The molecule has 0 spiro atoms. The van der Waals surface area contributed by atoms with Gasteiger partial charge in [-0.1, -0.05) is 145 Å². The standard InChI is InChI=1S/C47H36S/c1-32-11-8-13-34-22-23-36-16-10-19-43(45(25-21-32)46(36)27-34)40-29-38(35-14-4-3-5-15-35)28-39(30-40)42-26-24-41-31-37(17-9-12-33(42)2)44-18-6-7-20-47(44)48-41/h3-9,11-31H,10H2,1-2H3. The minimum absolute atomic E-state index is 0.875. The quantitative estimate of drug-likeness (QED) is 0.187. The first-order valence-electron chi connectivity index (χ1n) is 16.6. The summed E-state index contributed by atoms with van der Waals surface area (Å²) in [5.74, 6) is 0. The maximum Gasteiger partial charge on any atom is 0.0200 e. The van der Waals surface area contributed by atoms with Gasteiger partial charge in [0.15, 0.2) is 0 Å². The van der Waals surface area contributed by atoms with Crippen molar-refractivity contribution in [3.05, 3.63) is 191 Å². The summed E-state index contributed by atoms with van der Waals surface area (Å²) in [6, 6.07) is 58.2. The van der Waals surface area contributed by atoms with E-state index < -0.39 is 0 Å². The van der Waals surface area contributed by atoms with Crippen LogP contribution >= 0.6 is 11.8 Å². The average Bonchev–Trinajstić information content (AvgIpc) is 3.30. The summed E-state index contributed by atoms with van der Waals surface area (Å²) < 4.78 is 0. The second kappa shape index (κ2) is 13.0. The van der Waals surface area contributed by atoms with Gasteiger partial charge in [-0.2, -0.15) is 0 Å². The zero-order valence-electron chi connectivity index (χ0n) is 27.3. The van der Waals surface area contributed by atoms with Crippen LogP contribution in [-0.2, 0) is 0 Å². The predicted molar refractivity (Wildman–Crippen MR) is 207 cm³/mol. The molecule has 1 aliphatic carbocycles. The Hall–Kier alpha value is -5.37. The van der Waals surface area contributed by atoms with Gasteiger partial charge in [0.25, 0.3) is 0 Å². The van der Waals surface area contributed by atoms with Crippen LogP contribution in [0.3, 0.4) is 0 Å². The van der Waals surface area contributed by atoms with Crippen LogP contribution in [0, 0.1) is 13.8 Å². The van der Waals surface area contributed by atoms with Gasteiger partial charge < -0.3 is 0 Å². The molecular formula is C47H36S. The molecule has 0 aromatic heterocycles. The Morgan fingerprint density at radius 1 is 0.458 bits per heavy atom. The Balaban J connectivity index is 1.36. The number of benzene rings is 4. The van der Waals surface area contributed by atoms with E-state index in [0.29, 0.717) is 0 Å². The molecule has 6 aromatic rings. The van der Waals surface area contributed by atoms with E-state index >= 15 is 0 Å². The number of rotatable bonds is 3. The van der Waals surface area contributed by atoms with Crippen LogP contribution in [-0.4, -0.2) is 0 Å². The van der Waals surface area contributed by atoms with E-state index in [2.05, 4.69) is 184 Å². The number of hydrogen-bond donors (Lipinski definition) is 0. The first kappa shape index (κ1) is 30.0. The Morgan fingerprint density at radius 2 is 1.23 bits per heavy atom. The molecule has 0 atom stereocenters. The highest BCUT2D eigenvalue weighted by atomic mass is 32.2. The lowest BCUT2D eigenvalue weighted by Crippen LogP contribution is -2.01. The van der Waals surface area contributed by atoms with Gasteiger partial charge in [-0.05, 0) is 134 Å². The summed E-state index contributed by atoms with van der Waals surface area (Å²) in [7, 11) is 0. The van der Waals surface area contributed by atoms with Crippen molar-refractivity contribution < 1.29 is 0 Å². The fraction of sp³-hybridized carbons (Fsp3) is 0.0638. The highest BCUT2D eigenvalue weighted by Gasteiger charge is 2.15. The van der Waals surface area contributed by atoms with Crippen molar-refractivity contribution >= 4 is 34.2 Å². The Labute approximate surface area is 287 Å². The van der Waals surface area contributed by atoms with Crippen LogP contribution in [0.4, 0.5) is 0 Å². The summed E-state index contributed by atoms with van der Waals surface area (Å²) in [4.78, 5) is 2.54. The summed E-state index contributed by atoms with van der Waals surface area (Å²) in [6.07, 6.45) is 5.64. The average molecular weight is 633 g/mol. The molecule has 0 nitrogen and oxygen atoms in total. The van der Waals surface area contributed by atoms with E-state index in [9.17, 15) is 0 Å². The second-order valence-corrected chi connectivity index (χ2v) is 13.8. The molecule has 6 aromatic carbocycles. The van der Waals surface area contributed by atoms with Gasteiger partial charge in [-0.15, -0.1) is 0 Å². The third-order valence-corrected chi connectivity index (χ3v) is 10.4. The summed E-state index contributed by atoms with van der Waals surface area (Å²) in [5, 5.41) is 3.78. The maximum absolute atomic E-state index is 2.41. The van der Waals surface area contributed by atoms with E-state index in [1.54, 1.807) is 0 Å². The molecule has 0 radical (unpaired) electrons. The monoisotopic (exact) mass is 632 g/mol. The van der Waals surface area contributed by atoms with E-state index in [4.69, 9.17) is 0 Å². The van der Waals surface area contributed by atoms with E-state index in [-0.39, 0.29) is 0 Å². The molecule has 0 N–H and O–H groups in total. The normalized spacial score (nSPS) is 12.5. The van der Waals surface area contributed by atoms with Crippen LogP contribution in [0.5, 0.6) is 0 Å². The first-order valence-corrected chi connectivity index (χ1v) is 17.5. The lowest BCUT2D eigenvalue weighted by Gasteiger charge is -2.16. The maximum atomic E-state index is 2.41. The molecule has 8 rings (SSSR count). The van der Waals surface area contributed by atoms with Crippen LogP contribution < -0.4 is 5.22 Å². The number of allylic oxidation sites excluding steroid dienone is 1. The van der Waals surface area contributed by atoms with Crippen LogP contribution in [0.2, 0.25) is 0 Å². The van der Waals surface area contributed by atoms with Crippen molar-refractivity contribution in [1.29, 1.82) is 0 Å². The third-order valence-electron chi connectivity index (χ3n) is 9.33. The van der Waals surface area contributed by atoms with Crippen molar-refractivity contribution in [2.75, 3.05) is 0 Å². The molecule has 2 aliphatic rings. The van der Waals surface area contributed by atoms with E-state index in [1.165, 1.54) is 87.0 Å². The highest BCUT2D eigenvalue weighted by molar-refractivity contribution is 7.99. The van der Waals surface area contributed by atoms with Crippen molar-refractivity contribution in [3.63, 3.8) is 0 Å². The molecule has 4 bridgehead atoms. The molecule has 230 valence electrons. The predicted octanol–water partition coefficient (Wildman–Crippen LogP) is 12.5. The largest absolute Gasteiger partial charge is 0.0894 e. The van der Waals surface area contributed by atoms with Crippen molar-refractivity contribution in [1.82, 2.24) is 0 Å². The van der Waals surface area contributed by atoms with Crippen molar-refractivity contribution in [3.8, 4) is 33.4 Å². The lowest BCUT2D eigenvalue weighted by atomic mass is 9.89. The van der Waals surface area contributed by atoms with Gasteiger partial charge in [0.1, 0.15) is 0 Å². The molecule has 1 aliphatic heterocycles. The zero-order chi connectivity index (χ0) is 32.5. The summed E-state index contributed by atoms with van der Waals surface area (Å²) in [5.41, 5.74) is 13.6. The Bertz CT molecular complexity index is 2410. The Kier molecular flexibility index (Phi) is 8.14. The highest BCUT2D eigenvalue weighted by Crippen LogP contribution is 2.41. The van der Waals surface area contributed by atoms with E-state index in [1.807, 2.05) is 11.8 Å². The molecular weight excluding hydrogens is 597 g/mol. The van der Waals surface area contributed by atoms with Crippen LogP contribution in [0.15, 0.2) is 174 Å². The van der Waals surface area contributed by atoms with Gasteiger partial charge >= 0.3 is 0 Å². The topological polar surface area (TPSA) is 0 Å². The van der Waals surface area contributed by atoms with E-state index in [0.717, 1.165) is 6.42 Å². The number of fused-ring (bicyclic) bond motifs is 5. The zero-order valence-corrected chi connectivity index (χ0v) is 28.1. The first-order chi connectivity index (χ1) is 23.6. The number of aryl methyl sites for hydroxylation is 2. The minimum atomic E-state index is 0.875. The minimum Gasteiger partial charge on any atom is -0.0894 e. The molecule has 0 amide bonds. The van der Waals surface area contributed by atoms with Crippen LogP contribution in [0.25, 0.3) is 55.8 Å². The molecule has 0 unspecified atom stereocenters. The summed E-state index contributed by atoms with van der Waals surface area (Å²) >= 11 is 1.84. The van der Waals surface area contributed by atoms with Gasteiger partial charge in [0, 0.05) is 9.79 Å². The second-order valence-electron chi connectivity index (χ2n) is 12.6. The molecule has 1 heterocycles. The molecule has 1 heteroatoms. The fourth-order valence-electron chi connectivity index (χ4n) is 6.83. The smallest absolute Gasteiger partial charge is 0.0200 e. The Morgan fingerprint density at radius 3 is 2.15 bits per heavy atom. The van der Waals surface area contributed by atoms with Crippen LogP contribution in [0.1, 0.15) is 28.7 Å². The van der Waals surface area contributed by atoms with Crippen molar-refractivity contribution in [2.45, 2.75) is 30.1 Å². The van der Waals surface area contributed by atoms with Gasteiger partial charge in [0.2, 0.25) is 0 Å². The molecule has 0 saturated heterocycles. The number of hydrogen-bond acceptors (Lipinski definition) is 1. The third kappa shape index (κ3) is 6.06. The fourth-order valence-corrected chi connectivity index (χ4v) is 7.84. The van der Waals surface area contributed by atoms with Gasteiger partial charge in [0.05, 0.1) is 0 Å². The molecule has 48 heavy (non-hydrogen) atoms. The molecule has 0 fully saturated rings. The summed E-state index contributed by atoms with van der Waals surface area (Å²) in [6.45, 7) is 4.40. The van der Waals surface area contributed by atoms with Gasteiger partial charge in [-0.3, -0.25) is 0 Å². The SMILES string of the molecule is Cc1cccc2ccc3c(c2)c(cc1)C(c1cc(-c2ccccc2)cc(-c2ccc4cc(cccc2C)-c2ccccc2S4)c1)=CCC=3. The lowest BCUT2D eigenvalue weighted by molar-refractivity contribution is 1.36. The van der Waals surface area contributed by atoms with Crippen molar-refractivity contribution in [2.24, 2.45) is 0 Å².